The number of carbonyl (C=O) groups excluding carboxylic acids is 2. The molecule has 140 valence electrons. The van der Waals surface area contributed by atoms with Crippen molar-refractivity contribution in [2.24, 2.45) is 5.92 Å². The van der Waals surface area contributed by atoms with Crippen LogP contribution in [0.4, 0.5) is 10.8 Å². The summed E-state index contributed by atoms with van der Waals surface area (Å²) in [5.41, 5.74) is 1.33. The maximum atomic E-state index is 12.3. The monoisotopic (exact) mass is 392 g/mol. The van der Waals surface area contributed by atoms with E-state index in [4.69, 9.17) is 0 Å². The van der Waals surface area contributed by atoms with Gasteiger partial charge in [-0.2, -0.15) is 0 Å². The van der Waals surface area contributed by atoms with Crippen molar-refractivity contribution in [2.75, 3.05) is 22.9 Å². The van der Waals surface area contributed by atoms with Crippen LogP contribution in [0.1, 0.15) is 44.0 Å². The molecule has 1 heterocycles. The van der Waals surface area contributed by atoms with Crippen molar-refractivity contribution in [1.29, 1.82) is 0 Å². The lowest BCUT2D eigenvalue weighted by Crippen LogP contribution is -2.10. The Kier molecular flexibility index (Phi) is 8.06. The summed E-state index contributed by atoms with van der Waals surface area (Å²) < 4.78 is 0.771. The van der Waals surface area contributed by atoms with Crippen LogP contribution in [0, 0.1) is 5.92 Å². The Morgan fingerprint density at radius 3 is 2.58 bits per heavy atom. The van der Waals surface area contributed by atoms with E-state index in [1.165, 1.54) is 23.1 Å². The van der Waals surface area contributed by atoms with Gasteiger partial charge in [0.15, 0.2) is 10.1 Å². The van der Waals surface area contributed by atoms with E-state index in [0.717, 1.165) is 22.4 Å². The Labute approximate surface area is 162 Å². The summed E-state index contributed by atoms with van der Waals surface area (Å²) in [4.78, 5) is 23.9. The number of hydrogen-bond donors (Lipinski definition) is 2. The second-order valence-corrected chi connectivity index (χ2v) is 8.44. The summed E-state index contributed by atoms with van der Waals surface area (Å²) in [6.07, 6.45) is 1.30. The summed E-state index contributed by atoms with van der Waals surface area (Å²) in [6.45, 7) is 7.06. The van der Waals surface area contributed by atoms with Gasteiger partial charge in [0.25, 0.3) is 0 Å². The van der Waals surface area contributed by atoms with Gasteiger partial charge in [-0.05, 0) is 36.6 Å². The number of thioether (sulfide) groups is 1. The lowest BCUT2D eigenvalue weighted by molar-refractivity contribution is -0.116. The fraction of sp³-hybridized carbons (Fsp3) is 0.444. The molecular formula is C18H24N4O2S2. The van der Waals surface area contributed by atoms with Gasteiger partial charge in [0, 0.05) is 24.2 Å². The summed E-state index contributed by atoms with van der Waals surface area (Å²) >= 11 is 2.84. The largest absolute Gasteiger partial charge is 0.360 e. The summed E-state index contributed by atoms with van der Waals surface area (Å²) in [5.74, 6) is 0.847. The predicted octanol–water partition coefficient (Wildman–Crippen LogP) is 4.32. The third kappa shape index (κ3) is 6.76. The Morgan fingerprint density at radius 1 is 1.19 bits per heavy atom. The van der Waals surface area contributed by atoms with Gasteiger partial charge in [-0.25, -0.2) is 0 Å². The first kappa shape index (κ1) is 20.4. The lowest BCUT2D eigenvalue weighted by Gasteiger charge is -2.05. The maximum Gasteiger partial charge on any atom is 0.224 e. The molecule has 0 bridgehead atoms. The van der Waals surface area contributed by atoms with Gasteiger partial charge in [-0.3, -0.25) is 9.59 Å². The number of amides is 1. The average molecular weight is 393 g/mol. The summed E-state index contributed by atoms with van der Waals surface area (Å²) in [6, 6.07) is 6.98. The molecule has 1 amide bonds. The van der Waals surface area contributed by atoms with Crippen LogP contribution in [-0.2, 0) is 4.79 Å². The first-order chi connectivity index (χ1) is 12.5. The highest BCUT2D eigenvalue weighted by Crippen LogP contribution is 2.26. The van der Waals surface area contributed by atoms with Crippen molar-refractivity contribution in [3.05, 3.63) is 29.8 Å². The van der Waals surface area contributed by atoms with E-state index in [1.54, 1.807) is 24.3 Å². The van der Waals surface area contributed by atoms with Crippen LogP contribution in [0.25, 0.3) is 0 Å². The Morgan fingerprint density at radius 2 is 1.92 bits per heavy atom. The predicted molar refractivity (Wildman–Crippen MR) is 108 cm³/mol. The normalized spacial score (nSPS) is 10.8. The zero-order chi connectivity index (χ0) is 18.9. The number of hydrogen-bond acceptors (Lipinski definition) is 7. The van der Waals surface area contributed by atoms with E-state index in [2.05, 4.69) is 34.7 Å². The number of anilines is 2. The molecule has 0 saturated heterocycles. The minimum Gasteiger partial charge on any atom is -0.360 e. The topological polar surface area (TPSA) is 84.0 Å². The molecule has 0 radical (unpaired) electrons. The van der Waals surface area contributed by atoms with Crippen molar-refractivity contribution in [2.45, 2.75) is 38.0 Å². The van der Waals surface area contributed by atoms with E-state index in [1.807, 2.05) is 6.92 Å². The number of carbonyl (C=O) groups is 2. The van der Waals surface area contributed by atoms with E-state index in [0.29, 0.717) is 29.3 Å². The van der Waals surface area contributed by atoms with E-state index in [-0.39, 0.29) is 11.7 Å². The van der Waals surface area contributed by atoms with Crippen LogP contribution in [0.15, 0.2) is 28.6 Å². The molecule has 2 rings (SSSR count). The van der Waals surface area contributed by atoms with Gasteiger partial charge in [-0.15, -0.1) is 10.2 Å². The molecule has 6 nitrogen and oxygen atoms in total. The molecule has 0 unspecified atom stereocenters. The highest BCUT2D eigenvalue weighted by atomic mass is 32.2. The van der Waals surface area contributed by atoms with Crippen molar-refractivity contribution in [1.82, 2.24) is 10.2 Å². The van der Waals surface area contributed by atoms with Crippen LogP contribution in [-0.4, -0.2) is 34.2 Å². The van der Waals surface area contributed by atoms with Crippen molar-refractivity contribution in [3.8, 4) is 0 Å². The molecule has 0 aliphatic carbocycles. The smallest absolute Gasteiger partial charge is 0.224 e. The standard InChI is InChI=1S/C18H24N4O2S2/c1-4-5-16(24)20-14-8-6-13(7-9-14)15(23)11-25-18-22-21-17(26-18)19-10-12(2)3/h6-9,12H,4-5,10-11H2,1-3H3,(H,19,21)(H,20,24). The van der Waals surface area contributed by atoms with Gasteiger partial charge >= 0.3 is 0 Å². The summed E-state index contributed by atoms with van der Waals surface area (Å²) in [7, 11) is 0. The highest BCUT2D eigenvalue weighted by Gasteiger charge is 2.11. The fourth-order valence-electron chi connectivity index (χ4n) is 2.03. The number of Topliss-reactive ketones (excluding diaryl/α,β-unsaturated/α-hetero) is 1. The molecule has 1 aromatic heterocycles. The zero-order valence-electron chi connectivity index (χ0n) is 15.2. The van der Waals surface area contributed by atoms with Crippen molar-refractivity contribution in [3.63, 3.8) is 0 Å². The first-order valence-corrected chi connectivity index (χ1v) is 10.4. The molecule has 1 aromatic carbocycles. The number of benzene rings is 1. The molecule has 2 N–H and O–H groups in total. The van der Waals surface area contributed by atoms with E-state index < -0.39 is 0 Å². The minimum atomic E-state index is -0.0136. The van der Waals surface area contributed by atoms with Crippen LogP contribution in [0.3, 0.4) is 0 Å². The molecule has 0 spiro atoms. The number of rotatable bonds is 10. The molecule has 0 aliphatic heterocycles. The Hall–Kier alpha value is -1.93. The van der Waals surface area contributed by atoms with Crippen LogP contribution in [0.5, 0.6) is 0 Å². The lowest BCUT2D eigenvalue weighted by atomic mass is 10.1. The number of nitrogens with zero attached hydrogens (tertiary/aromatic N) is 2. The average Bonchev–Trinajstić information content (AvgIpc) is 3.06. The van der Waals surface area contributed by atoms with Gasteiger partial charge in [0.05, 0.1) is 5.75 Å². The Balaban J connectivity index is 1.83. The third-order valence-corrected chi connectivity index (χ3v) is 5.38. The number of aromatic nitrogens is 2. The second-order valence-electron chi connectivity index (χ2n) is 6.24. The molecule has 2 aromatic rings. The molecule has 26 heavy (non-hydrogen) atoms. The van der Waals surface area contributed by atoms with Crippen LogP contribution in [0.2, 0.25) is 0 Å². The molecule has 0 atom stereocenters. The quantitative estimate of drug-likeness (QED) is 0.463. The van der Waals surface area contributed by atoms with Crippen LogP contribution >= 0.6 is 23.1 Å². The molecular weight excluding hydrogens is 368 g/mol. The van der Waals surface area contributed by atoms with Crippen molar-refractivity contribution >= 4 is 45.6 Å². The fourth-order valence-corrected chi connectivity index (χ4v) is 3.68. The van der Waals surface area contributed by atoms with Gasteiger partial charge in [0.1, 0.15) is 0 Å². The van der Waals surface area contributed by atoms with Gasteiger partial charge in [-0.1, -0.05) is 43.9 Å². The van der Waals surface area contributed by atoms with Crippen molar-refractivity contribution < 1.29 is 9.59 Å². The molecule has 8 heteroatoms. The SMILES string of the molecule is CCCC(=O)Nc1ccc(C(=O)CSc2nnc(NCC(C)C)s2)cc1. The number of nitrogens with one attached hydrogen (secondary N) is 2. The van der Waals surface area contributed by atoms with Crippen LogP contribution < -0.4 is 10.6 Å². The second kappa shape index (κ2) is 10.3. The minimum absolute atomic E-state index is 0.0136. The van der Waals surface area contributed by atoms with E-state index >= 15 is 0 Å². The van der Waals surface area contributed by atoms with E-state index in [9.17, 15) is 9.59 Å². The molecule has 0 saturated carbocycles. The number of ketones is 1. The highest BCUT2D eigenvalue weighted by molar-refractivity contribution is 8.01. The molecule has 0 fully saturated rings. The van der Waals surface area contributed by atoms with Gasteiger partial charge < -0.3 is 10.6 Å². The zero-order valence-corrected chi connectivity index (χ0v) is 16.9. The molecule has 0 aliphatic rings. The third-order valence-electron chi connectivity index (χ3n) is 3.36. The maximum absolute atomic E-state index is 12.3. The first-order valence-electron chi connectivity index (χ1n) is 8.61. The Bertz CT molecular complexity index is 729. The summed E-state index contributed by atoms with van der Waals surface area (Å²) in [5, 5.41) is 15.0. The van der Waals surface area contributed by atoms with Gasteiger partial charge in [0.2, 0.25) is 11.0 Å².